The van der Waals surface area contributed by atoms with Gasteiger partial charge in [-0.3, -0.25) is 9.00 Å². The summed E-state index contributed by atoms with van der Waals surface area (Å²) in [5.74, 6) is -1.11. The van der Waals surface area contributed by atoms with Crippen molar-refractivity contribution in [2.24, 2.45) is 0 Å². The van der Waals surface area contributed by atoms with E-state index in [-0.39, 0.29) is 22.4 Å². The highest BCUT2D eigenvalue weighted by molar-refractivity contribution is 7.86. The molecule has 1 aliphatic heterocycles. The molecule has 1 unspecified atom stereocenters. The van der Waals surface area contributed by atoms with Gasteiger partial charge in [0.1, 0.15) is 11.6 Å². The number of carbonyl (C=O) groups is 1. The van der Waals surface area contributed by atoms with Gasteiger partial charge in [-0.2, -0.15) is 0 Å². The number of benzene rings is 1. The monoisotopic (exact) mass is 233 g/mol. The quantitative estimate of drug-likeness (QED) is 0.739. The predicted octanol–water partition coefficient (Wildman–Crippen LogP) is 1.54. The molecule has 1 heterocycles. The number of carbonyl (C=O) groups excluding carboxylic acids is 1. The first-order valence-corrected chi connectivity index (χ1v) is 5.45. The Balaban J connectivity index is 2.60. The van der Waals surface area contributed by atoms with Crippen LogP contribution in [-0.4, -0.2) is 15.9 Å². The van der Waals surface area contributed by atoms with Crippen LogP contribution in [0, 0.1) is 5.82 Å². The highest BCUT2D eigenvalue weighted by Gasteiger charge is 2.22. The van der Waals surface area contributed by atoms with E-state index in [1.165, 1.54) is 6.07 Å². The van der Waals surface area contributed by atoms with Gasteiger partial charge in [0.05, 0.1) is 26.4 Å². The molecule has 1 aromatic rings. The van der Waals surface area contributed by atoms with E-state index in [4.69, 9.17) is 11.6 Å². The van der Waals surface area contributed by atoms with Crippen LogP contribution in [0.5, 0.6) is 0 Å². The Bertz CT molecular complexity index is 449. The Kier molecular flexibility index (Phi) is 2.28. The van der Waals surface area contributed by atoms with Gasteiger partial charge in [-0.05, 0) is 6.07 Å². The second kappa shape index (κ2) is 3.33. The van der Waals surface area contributed by atoms with Gasteiger partial charge < -0.3 is 5.32 Å². The Morgan fingerprint density at radius 1 is 1.50 bits per heavy atom. The smallest absolute Gasteiger partial charge is 0.237 e. The lowest BCUT2D eigenvalue weighted by Crippen LogP contribution is -2.25. The topological polar surface area (TPSA) is 46.2 Å². The second-order valence-corrected chi connectivity index (χ2v) is 4.63. The molecule has 74 valence electrons. The third-order valence-electron chi connectivity index (χ3n) is 1.80. The molecule has 1 atom stereocenters. The van der Waals surface area contributed by atoms with Gasteiger partial charge in [0.15, 0.2) is 0 Å². The lowest BCUT2D eigenvalue weighted by Gasteiger charge is -2.16. The van der Waals surface area contributed by atoms with E-state index in [0.29, 0.717) is 4.90 Å². The van der Waals surface area contributed by atoms with E-state index in [0.717, 1.165) is 6.07 Å². The molecule has 6 heteroatoms. The normalized spacial score (nSPS) is 20.1. The molecule has 0 aliphatic carbocycles. The van der Waals surface area contributed by atoms with Crippen LogP contribution >= 0.6 is 11.6 Å². The molecule has 0 saturated heterocycles. The Morgan fingerprint density at radius 3 is 2.93 bits per heavy atom. The van der Waals surface area contributed by atoms with Crippen LogP contribution in [-0.2, 0) is 15.6 Å². The van der Waals surface area contributed by atoms with Gasteiger partial charge >= 0.3 is 0 Å². The van der Waals surface area contributed by atoms with Crippen molar-refractivity contribution in [2.45, 2.75) is 4.90 Å². The first-order valence-electron chi connectivity index (χ1n) is 3.75. The summed E-state index contributed by atoms with van der Waals surface area (Å²) in [6.45, 7) is 0. The molecule has 0 bridgehead atoms. The Hall–Kier alpha value is -0.940. The van der Waals surface area contributed by atoms with Crippen molar-refractivity contribution >= 4 is 34.0 Å². The van der Waals surface area contributed by atoms with Crippen LogP contribution < -0.4 is 5.32 Å². The zero-order valence-corrected chi connectivity index (χ0v) is 8.41. The van der Waals surface area contributed by atoms with Crippen molar-refractivity contribution in [3.63, 3.8) is 0 Å². The number of fused-ring (bicyclic) bond motifs is 1. The maximum atomic E-state index is 13.0. The summed E-state index contributed by atoms with van der Waals surface area (Å²) in [6.07, 6.45) is 0. The summed E-state index contributed by atoms with van der Waals surface area (Å²) < 4.78 is 24.4. The summed E-state index contributed by atoms with van der Waals surface area (Å²) >= 11 is 5.53. The van der Waals surface area contributed by atoms with Crippen LogP contribution in [0.25, 0.3) is 0 Å². The van der Waals surface area contributed by atoms with Crippen LogP contribution in [0.1, 0.15) is 0 Å². The molecule has 1 aromatic carbocycles. The third kappa shape index (κ3) is 1.53. The van der Waals surface area contributed by atoms with Crippen LogP contribution in [0.2, 0.25) is 5.02 Å². The summed E-state index contributed by atoms with van der Waals surface area (Å²) in [5.41, 5.74) is 0.237. The number of nitrogens with one attached hydrogen (secondary N) is 1. The average molecular weight is 234 g/mol. The fraction of sp³-hybridized carbons (Fsp3) is 0.125. The maximum Gasteiger partial charge on any atom is 0.237 e. The minimum Gasteiger partial charge on any atom is -0.324 e. The predicted molar refractivity (Wildman–Crippen MR) is 51.3 cm³/mol. The zero-order chi connectivity index (χ0) is 10.3. The van der Waals surface area contributed by atoms with Crippen LogP contribution in [0.15, 0.2) is 17.0 Å². The van der Waals surface area contributed by atoms with Crippen molar-refractivity contribution in [3.05, 3.63) is 23.0 Å². The fourth-order valence-electron chi connectivity index (χ4n) is 1.20. The van der Waals surface area contributed by atoms with Crippen LogP contribution in [0.4, 0.5) is 10.1 Å². The Morgan fingerprint density at radius 2 is 2.21 bits per heavy atom. The number of anilines is 1. The lowest BCUT2D eigenvalue weighted by molar-refractivity contribution is -0.113. The molecule has 1 aliphatic rings. The molecular formula is C8H5ClFNO2S. The largest absolute Gasteiger partial charge is 0.324 e. The van der Waals surface area contributed by atoms with Crippen molar-refractivity contribution in [1.82, 2.24) is 0 Å². The first-order chi connectivity index (χ1) is 6.58. The van der Waals surface area contributed by atoms with Crippen LogP contribution in [0.3, 0.4) is 0 Å². The summed E-state index contributed by atoms with van der Waals surface area (Å²) in [6, 6.07) is 2.36. The van der Waals surface area contributed by atoms with E-state index in [1.54, 1.807) is 0 Å². The van der Waals surface area contributed by atoms with Crippen molar-refractivity contribution < 1.29 is 13.4 Å². The van der Waals surface area contributed by atoms with Crippen molar-refractivity contribution in [1.29, 1.82) is 0 Å². The minimum atomic E-state index is -1.43. The molecule has 0 saturated carbocycles. The molecule has 1 amide bonds. The molecule has 14 heavy (non-hydrogen) atoms. The number of rotatable bonds is 0. The molecule has 3 nitrogen and oxygen atoms in total. The SMILES string of the molecule is O=C1CS(=O)c2cc(Cl)c(F)cc2N1. The van der Waals surface area contributed by atoms with E-state index in [9.17, 15) is 13.4 Å². The molecule has 0 fully saturated rings. The number of amides is 1. The second-order valence-electron chi connectivity index (χ2n) is 2.80. The van der Waals surface area contributed by atoms with Gasteiger partial charge in [0, 0.05) is 6.07 Å². The van der Waals surface area contributed by atoms with E-state index < -0.39 is 16.6 Å². The molecular weight excluding hydrogens is 229 g/mol. The third-order valence-corrected chi connectivity index (χ3v) is 3.45. The van der Waals surface area contributed by atoms with E-state index >= 15 is 0 Å². The summed E-state index contributed by atoms with van der Waals surface area (Å²) in [7, 11) is -1.43. The molecule has 0 spiro atoms. The minimum absolute atomic E-state index is 0.0896. The lowest BCUT2D eigenvalue weighted by atomic mass is 10.3. The molecule has 0 aromatic heterocycles. The average Bonchev–Trinajstić information content (AvgIpc) is 2.08. The molecule has 1 N–H and O–H groups in total. The standard InChI is InChI=1S/C8H5ClFNO2S/c9-4-1-7-6(2-5(4)10)11-8(12)3-14(7)13/h1-2H,3H2,(H,11,12). The van der Waals surface area contributed by atoms with E-state index in [2.05, 4.69) is 5.32 Å². The summed E-state index contributed by atoms with van der Waals surface area (Å²) in [4.78, 5) is 11.3. The van der Waals surface area contributed by atoms with Gasteiger partial charge in [0.25, 0.3) is 0 Å². The van der Waals surface area contributed by atoms with Crippen molar-refractivity contribution in [2.75, 3.05) is 11.1 Å². The fourth-order valence-corrected chi connectivity index (χ4v) is 2.50. The Labute approximate surface area is 86.7 Å². The number of hydrogen-bond acceptors (Lipinski definition) is 2. The van der Waals surface area contributed by atoms with Gasteiger partial charge in [-0.25, -0.2) is 4.39 Å². The van der Waals surface area contributed by atoms with Crippen molar-refractivity contribution in [3.8, 4) is 0 Å². The van der Waals surface area contributed by atoms with Gasteiger partial charge in [-0.1, -0.05) is 11.6 Å². The maximum absolute atomic E-state index is 13.0. The highest BCUT2D eigenvalue weighted by Crippen LogP contribution is 2.29. The number of hydrogen-bond donors (Lipinski definition) is 1. The first kappa shape index (κ1) is 9.61. The van der Waals surface area contributed by atoms with Gasteiger partial charge in [-0.15, -0.1) is 0 Å². The van der Waals surface area contributed by atoms with Gasteiger partial charge in [0.2, 0.25) is 5.91 Å². The highest BCUT2D eigenvalue weighted by atomic mass is 35.5. The zero-order valence-electron chi connectivity index (χ0n) is 6.84. The summed E-state index contributed by atoms with van der Waals surface area (Å²) in [5, 5.41) is 2.34. The molecule has 0 radical (unpaired) electrons. The van der Waals surface area contributed by atoms with E-state index in [1.807, 2.05) is 0 Å². The molecule has 2 rings (SSSR count). The number of halogens is 2.